The average Bonchev–Trinajstić information content (AvgIpc) is 3.27. The molecule has 1 saturated heterocycles. The van der Waals surface area contributed by atoms with Crippen molar-refractivity contribution in [1.29, 1.82) is 5.26 Å². The number of aromatic amines is 1. The Bertz CT molecular complexity index is 1040. The summed E-state index contributed by atoms with van der Waals surface area (Å²) in [5.41, 5.74) is 1.02. The predicted octanol–water partition coefficient (Wildman–Crippen LogP) is 3.30. The molecule has 0 spiro atoms. The summed E-state index contributed by atoms with van der Waals surface area (Å²) in [4.78, 5) is 21.9. The molecule has 10 heteroatoms. The molecule has 2 aliphatic rings. The van der Waals surface area contributed by atoms with Crippen molar-refractivity contribution >= 4 is 6.09 Å². The molecule has 170 valence electrons. The number of rotatable bonds is 3. The first-order valence-electron chi connectivity index (χ1n) is 10.4. The summed E-state index contributed by atoms with van der Waals surface area (Å²) in [5, 5.41) is 11.8. The maximum absolute atomic E-state index is 14.5. The van der Waals surface area contributed by atoms with E-state index in [9.17, 15) is 13.6 Å². The molecule has 2 N–H and O–H groups in total. The van der Waals surface area contributed by atoms with Gasteiger partial charge in [0.25, 0.3) is 0 Å². The Morgan fingerprint density at radius 3 is 2.84 bits per heavy atom. The van der Waals surface area contributed by atoms with Crippen LogP contribution in [-0.2, 0) is 22.6 Å². The monoisotopic (exact) mass is 445 g/mol. The minimum atomic E-state index is -0.863. The first kappa shape index (κ1) is 22.2. The number of carbonyl (C=O) groups excluding carboxylic acids is 1. The molecule has 32 heavy (non-hydrogen) atoms. The third-order valence-electron chi connectivity index (χ3n) is 5.53. The van der Waals surface area contributed by atoms with Gasteiger partial charge in [0.05, 0.1) is 24.0 Å². The number of carbonyl (C=O) groups is 1. The lowest BCUT2D eigenvalue weighted by molar-refractivity contribution is -0.0629. The molecule has 0 bridgehead atoms. The van der Waals surface area contributed by atoms with Crippen LogP contribution in [0.5, 0.6) is 0 Å². The number of hydrogen-bond acceptors (Lipinski definition) is 6. The van der Waals surface area contributed by atoms with E-state index in [0.29, 0.717) is 19.5 Å². The average molecular weight is 445 g/mol. The molecule has 0 aliphatic carbocycles. The van der Waals surface area contributed by atoms with Gasteiger partial charge in [0.1, 0.15) is 29.4 Å². The zero-order valence-electron chi connectivity index (χ0n) is 18.1. The van der Waals surface area contributed by atoms with Gasteiger partial charge in [0, 0.05) is 24.7 Å². The molecule has 0 radical (unpaired) electrons. The largest absolute Gasteiger partial charge is 0.444 e. The van der Waals surface area contributed by atoms with Crippen LogP contribution < -0.4 is 5.32 Å². The summed E-state index contributed by atoms with van der Waals surface area (Å²) >= 11 is 0. The van der Waals surface area contributed by atoms with Crippen molar-refractivity contribution < 1.29 is 23.0 Å². The molecule has 1 fully saturated rings. The van der Waals surface area contributed by atoms with Crippen molar-refractivity contribution in [3.8, 4) is 6.07 Å². The first-order valence-corrected chi connectivity index (χ1v) is 10.4. The van der Waals surface area contributed by atoms with Crippen molar-refractivity contribution in [2.75, 3.05) is 6.61 Å². The van der Waals surface area contributed by atoms with E-state index in [1.807, 2.05) is 6.07 Å². The Morgan fingerprint density at radius 2 is 2.16 bits per heavy atom. The fourth-order valence-electron chi connectivity index (χ4n) is 4.17. The van der Waals surface area contributed by atoms with Crippen LogP contribution in [0.15, 0.2) is 18.2 Å². The van der Waals surface area contributed by atoms with Crippen LogP contribution >= 0.6 is 0 Å². The molecule has 8 nitrogen and oxygen atoms in total. The van der Waals surface area contributed by atoms with Crippen LogP contribution in [0.4, 0.5) is 13.6 Å². The third-order valence-corrected chi connectivity index (χ3v) is 5.53. The van der Waals surface area contributed by atoms with Crippen LogP contribution in [0.3, 0.4) is 0 Å². The van der Waals surface area contributed by atoms with Crippen molar-refractivity contribution in [1.82, 2.24) is 20.2 Å². The molecule has 3 heterocycles. The van der Waals surface area contributed by atoms with Crippen LogP contribution in [-0.4, -0.2) is 45.3 Å². The van der Waals surface area contributed by atoms with E-state index in [1.165, 1.54) is 0 Å². The summed E-state index contributed by atoms with van der Waals surface area (Å²) < 4.78 is 39.7. The number of nitrogens with one attached hydrogen (secondary N) is 2. The molecule has 1 amide bonds. The summed E-state index contributed by atoms with van der Waals surface area (Å²) in [6, 6.07) is 4.45. The lowest BCUT2D eigenvalue weighted by Crippen LogP contribution is -2.52. The van der Waals surface area contributed by atoms with Gasteiger partial charge < -0.3 is 19.8 Å². The van der Waals surface area contributed by atoms with Crippen molar-refractivity contribution in [2.24, 2.45) is 0 Å². The van der Waals surface area contributed by atoms with E-state index in [4.69, 9.17) is 14.7 Å². The SMILES string of the molecule is CC(C)(C)OC(=O)N[C@H]1C[C@@H](N2Cc3nc(C#N)[nH]c3C2)CO[C@@H]1c1cc(F)ccc1F. The number of aromatic nitrogens is 2. The van der Waals surface area contributed by atoms with Crippen LogP contribution in [0.25, 0.3) is 0 Å². The van der Waals surface area contributed by atoms with Gasteiger partial charge in [0.2, 0.25) is 5.82 Å². The molecule has 1 aromatic heterocycles. The van der Waals surface area contributed by atoms with Crippen LogP contribution in [0, 0.1) is 23.0 Å². The first-order chi connectivity index (χ1) is 15.1. The number of nitrogens with zero attached hydrogens (tertiary/aromatic N) is 3. The number of halogens is 2. The van der Waals surface area contributed by atoms with Crippen molar-refractivity contribution in [3.63, 3.8) is 0 Å². The van der Waals surface area contributed by atoms with Gasteiger partial charge in [-0.1, -0.05) is 0 Å². The van der Waals surface area contributed by atoms with E-state index in [0.717, 1.165) is 29.6 Å². The maximum atomic E-state index is 14.5. The highest BCUT2D eigenvalue weighted by Gasteiger charge is 2.40. The molecular weight excluding hydrogens is 420 g/mol. The quantitative estimate of drug-likeness (QED) is 0.752. The second-order valence-electron chi connectivity index (χ2n) is 9.09. The van der Waals surface area contributed by atoms with E-state index < -0.39 is 35.5 Å². The number of alkyl carbamates (subject to hydrolysis) is 1. The summed E-state index contributed by atoms with van der Waals surface area (Å²) in [6.45, 7) is 6.59. The number of ether oxygens (including phenoxy) is 2. The Hall–Kier alpha value is -3.03. The van der Waals surface area contributed by atoms with Gasteiger partial charge in [-0.3, -0.25) is 4.90 Å². The Morgan fingerprint density at radius 1 is 1.38 bits per heavy atom. The predicted molar refractivity (Wildman–Crippen MR) is 109 cm³/mol. The van der Waals surface area contributed by atoms with E-state index in [2.05, 4.69) is 20.2 Å². The van der Waals surface area contributed by atoms with Gasteiger partial charge in [-0.15, -0.1) is 0 Å². The fourth-order valence-corrected chi connectivity index (χ4v) is 4.17. The highest BCUT2D eigenvalue weighted by molar-refractivity contribution is 5.68. The summed E-state index contributed by atoms with van der Waals surface area (Å²) in [5.74, 6) is -0.906. The molecule has 0 saturated carbocycles. The van der Waals surface area contributed by atoms with Gasteiger partial charge >= 0.3 is 6.09 Å². The molecule has 2 aliphatic heterocycles. The van der Waals surface area contributed by atoms with E-state index >= 15 is 0 Å². The topological polar surface area (TPSA) is 103 Å². The molecular formula is C22H25F2N5O3. The number of hydrogen-bond donors (Lipinski definition) is 2. The summed E-state index contributed by atoms with van der Waals surface area (Å²) in [6.07, 6.45) is -1.08. The second kappa shape index (κ2) is 8.48. The molecule has 1 aromatic carbocycles. The number of fused-ring (bicyclic) bond motifs is 1. The number of amides is 1. The standard InChI is InChI=1S/C22H25F2N5O3/c1-22(2,3)32-21(30)28-16-7-13(29-9-17-18(10-29)27-19(8-25)26-17)11-31-20(16)14-6-12(23)4-5-15(14)24/h4-6,13,16,20H,7,9-11H2,1-3H3,(H,26,27)(H,28,30)/t13-,16+,20-/m1/s1. The third kappa shape index (κ3) is 4.74. The van der Waals surface area contributed by atoms with Gasteiger partial charge in [0.15, 0.2) is 0 Å². The highest BCUT2D eigenvalue weighted by atomic mass is 19.1. The van der Waals surface area contributed by atoms with Crippen LogP contribution in [0.2, 0.25) is 0 Å². The lowest BCUT2D eigenvalue weighted by Gasteiger charge is -2.40. The maximum Gasteiger partial charge on any atom is 0.407 e. The highest BCUT2D eigenvalue weighted by Crippen LogP contribution is 2.35. The molecule has 3 atom stereocenters. The van der Waals surface area contributed by atoms with Crippen molar-refractivity contribution in [3.05, 3.63) is 52.6 Å². The number of H-pyrrole nitrogens is 1. The zero-order valence-corrected chi connectivity index (χ0v) is 18.1. The van der Waals surface area contributed by atoms with E-state index in [-0.39, 0.29) is 24.0 Å². The minimum Gasteiger partial charge on any atom is -0.444 e. The molecule has 4 rings (SSSR count). The Kier molecular flexibility index (Phi) is 5.88. The smallest absolute Gasteiger partial charge is 0.407 e. The number of imidazole rings is 1. The van der Waals surface area contributed by atoms with E-state index in [1.54, 1.807) is 20.8 Å². The Labute approximate surface area is 184 Å². The van der Waals surface area contributed by atoms with Gasteiger partial charge in [-0.05, 0) is 45.4 Å². The van der Waals surface area contributed by atoms with Crippen molar-refractivity contribution in [2.45, 2.75) is 64.1 Å². The lowest BCUT2D eigenvalue weighted by atomic mass is 9.92. The Balaban J connectivity index is 1.53. The fraction of sp³-hybridized carbons (Fsp3) is 0.500. The number of benzene rings is 1. The zero-order chi connectivity index (χ0) is 23.0. The van der Waals surface area contributed by atoms with Gasteiger partial charge in [-0.2, -0.15) is 5.26 Å². The molecule has 2 aromatic rings. The summed E-state index contributed by atoms with van der Waals surface area (Å²) in [7, 11) is 0. The number of nitriles is 1. The van der Waals surface area contributed by atoms with Crippen LogP contribution in [0.1, 0.15) is 56.1 Å². The second-order valence-corrected chi connectivity index (χ2v) is 9.09. The molecule has 0 unspecified atom stereocenters. The van der Waals surface area contributed by atoms with Gasteiger partial charge in [-0.25, -0.2) is 18.6 Å². The normalized spacial score (nSPS) is 23.4. The minimum absolute atomic E-state index is 0.0523.